The molecule has 182 valence electrons. The van der Waals surface area contributed by atoms with Gasteiger partial charge in [0.1, 0.15) is 0 Å². The van der Waals surface area contributed by atoms with Gasteiger partial charge in [-0.05, 0) is 70.7 Å². The van der Waals surface area contributed by atoms with Crippen molar-refractivity contribution in [3.05, 3.63) is 34.7 Å². The van der Waals surface area contributed by atoms with Crippen LogP contribution in [0, 0.1) is 10.8 Å². The summed E-state index contributed by atoms with van der Waals surface area (Å²) in [7, 11) is -3.89. The normalized spacial score (nSPS) is 12.5. The molecule has 0 atom stereocenters. The molecule has 11 heteroatoms. The number of hydrogen-bond donors (Lipinski definition) is 1. The number of amides is 1. The van der Waals surface area contributed by atoms with E-state index in [1.54, 1.807) is 65.8 Å². The molecule has 1 aromatic carbocycles. The Morgan fingerprint density at radius 3 is 1.88 bits per heavy atom. The maximum Gasteiger partial charge on any atom is 0.340 e. The van der Waals surface area contributed by atoms with Gasteiger partial charge in [-0.3, -0.25) is 28.0 Å². The quantitative estimate of drug-likeness (QED) is 0.295. The fourth-order valence-corrected chi connectivity index (χ4v) is 4.64. The van der Waals surface area contributed by atoms with Gasteiger partial charge in [0.25, 0.3) is 5.91 Å². The minimum absolute atomic E-state index is 0.176. The van der Waals surface area contributed by atoms with Gasteiger partial charge in [0.2, 0.25) is 13.6 Å². The number of thiophene rings is 1. The summed E-state index contributed by atoms with van der Waals surface area (Å²) in [4.78, 5) is 35.8. The van der Waals surface area contributed by atoms with Crippen LogP contribution in [-0.2, 0) is 38.8 Å². The molecule has 0 unspecified atom stereocenters. The SMILES string of the molecule is CC(C)(C)C(=O)OCOP(=O)(Cc1ccc2sc(C(N)=O)cc2c1)OCOC(=O)C(C)(C)C. The van der Waals surface area contributed by atoms with E-state index in [1.165, 1.54) is 11.3 Å². The zero-order chi connectivity index (χ0) is 25.0. The van der Waals surface area contributed by atoms with Crippen LogP contribution in [0.3, 0.4) is 0 Å². The van der Waals surface area contributed by atoms with Crippen molar-refractivity contribution in [3.63, 3.8) is 0 Å². The molecule has 0 bridgehead atoms. The molecule has 0 radical (unpaired) electrons. The molecule has 1 aromatic heterocycles. The van der Waals surface area contributed by atoms with Gasteiger partial charge in [-0.25, -0.2) is 0 Å². The van der Waals surface area contributed by atoms with Gasteiger partial charge in [0, 0.05) is 4.70 Å². The summed E-state index contributed by atoms with van der Waals surface area (Å²) < 4.78 is 35.0. The van der Waals surface area contributed by atoms with Crippen LogP contribution in [0.15, 0.2) is 24.3 Å². The third-order valence-corrected chi connectivity index (χ3v) is 7.18. The molecule has 2 rings (SSSR count). The summed E-state index contributed by atoms with van der Waals surface area (Å²) in [5.74, 6) is -1.60. The third kappa shape index (κ3) is 7.92. The molecule has 1 amide bonds. The van der Waals surface area contributed by atoms with Crippen molar-refractivity contribution < 1.29 is 37.5 Å². The Morgan fingerprint density at radius 1 is 0.909 bits per heavy atom. The van der Waals surface area contributed by atoms with Crippen LogP contribution in [0.5, 0.6) is 0 Å². The summed E-state index contributed by atoms with van der Waals surface area (Å²) in [5.41, 5.74) is 4.40. The smallest absolute Gasteiger partial charge is 0.340 e. The number of benzene rings is 1. The molecule has 2 aromatic rings. The van der Waals surface area contributed by atoms with E-state index in [0.29, 0.717) is 10.4 Å². The Labute approximate surface area is 197 Å². The number of ether oxygens (including phenoxy) is 2. The first-order valence-corrected chi connectivity index (χ1v) is 12.7. The Morgan fingerprint density at radius 2 is 1.42 bits per heavy atom. The van der Waals surface area contributed by atoms with Crippen LogP contribution >= 0.6 is 18.9 Å². The lowest BCUT2D eigenvalue weighted by Crippen LogP contribution is -2.24. The number of nitrogens with two attached hydrogens (primary N) is 1. The number of rotatable bonds is 9. The Kier molecular flexibility index (Phi) is 8.46. The minimum atomic E-state index is -3.89. The van der Waals surface area contributed by atoms with Crippen molar-refractivity contribution in [1.82, 2.24) is 0 Å². The van der Waals surface area contributed by atoms with Crippen LogP contribution in [0.25, 0.3) is 10.1 Å². The van der Waals surface area contributed by atoms with Gasteiger partial charge in [-0.1, -0.05) is 6.07 Å². The third-order valence-electron chi connectivity index (χ3n) is 4.30. The van der Waals surface area contributed by atoms with E-state index in [2.05, 4.69) is 0 Å². The second-order valence-corrected chi connectivity index (χ2v) is 12.6. The van der Waals surface area contributed by atoms with Crippen molar-refractivity contribution in [3.8, 4) is 0 Å². The van der Waals surface area contributed by atoms with Gasteiger partial charge in [0.15, 0.2) is 0 Å². The number of esters is 2. The van der Waals surface area contributed by atoms with E-state index in [4.69, 9.17) is 24.3 Å². The zero-order valence-electron chi connectivity index (χ0n) is 19.6. The van der Waals surface area contributed by atoms with Crippen molar-refractivity contribution in [1.29, 1.82) is 0 Å². The van der Waals surface area contributed by atoms with Crippen LogP contribution < -0.4 is 5.73 Å². The fourth-order valence-electron chi connectivity index (χ4n) is 2.42. The molecule has 0 aliphatic rings. The highest BCUT2D eigenvalue weighted by atomic mass is 32.1. The maximum absolute atomic E-state index is 13.4. The summed E-state index contributed by atoms with van der Waals surface area (Å²) >= 11 is 1.25. The van der Waals surface area contributed by atoms with Crippen LogP contribution in [0.4, 0.5) is 0 Å². The van der Waals surface area contributed by atoms with Crippen molar-refractivity contribution in [2.75, 3.05) is 13.6 Å². The Bertz CT molecular complexity index is 1040. The molecule has 0 fully saturated rings. The lowest BCUT2D eigenvalue weighted by atomic mass is 9.98. The molecule has 0 aliphatic heterocycles. The maximum atomic E-state index is 13.4. The first-order chi connectivity index (χ1) is 15.1. The van der Waals surface area contributed by atoms with Gasteiger partial charge < -0.3 is 15.2 Å². The summed E-state index contributed by atoms with van der Waals surface area (Å²) in [6.07, 6.45) is -0.176. The number of fused-ring (bicyclic) bond motifs is 1. The number of carbonyl (C=O) groups is 3. The van der Waals surface area contributed by atoms with E-state index in [0.717, 1.165) is 10.1 Å². The monoisotopic (exact) mass is 499 g/mol. The molecule has 0 saturated carbocycles. The topological polar surface area (TPSA) is 131 Å². The predicted molar refractivity (Wildman–Crippen MR) is 125 cm³/mol. The molecule has 33 heavy (non-hydrogen) atoms. The standard InChI is InChI=1S/C22H30NO8PS/c1-21(2,3)19(25)28-12-30-32(27,31-13-29-20(26)22(4,5)6)11-14-7-8-16-15(9-14)10-17(33-16)18(23)24/h7-10H,11-13H2,1-6H3,(H2,23,24). The number of primary amides is 1. The molecule has 0 spiro atoms. The van der Waals surface area contributed by atoms with E-state index in [-0.39, 0.29) is 6.16 Å². The van der Waals surface area contributed by atoms with Gasteiger partial charge >= 0.3 is 19.5 Å². The summed E-state index contributed by atoms with van der Waals surface area (Å²) in [6, 6.07) is 6.87. The van der Waals surface area contributed by atoms with Crippen LogP contribution in [0.2, 0.25) is 0 Å². The minimum Gasteiger partial charge on any atom is -0.438 e. The van der Waals surface area contributed by atoms with Gasteiger partial charge in [0.05, 0.1) is 21.9 Å². The number of hydrogen-bond acceptors (Lipinski definition) is 9. The largest absolute Gasteiger partial charge is 0.438 e. The molecule has 2 N–H and O–H groups in total. The molecular formula is C22H30NO8PS. The van der Waals surface area contributed by atoms with Crippen molar-refractivity contribution in [2.45, 2.75) is 47.7 Å². The van der Waals surface area contributed by atoms with E-state index >= 15 is 0 Å². The molecule has 0 saturated heterocycles. The highest BCUT2D eigenvalue weighted by Gasteiger charge is 2.30. The van der Waals surface area contributed by atoms with Crippen LogP contribution in [-0.4, -0.2) is 31.4 Å². The predicted octanol–water partition coefficient (Wildman–Crippen LogP) is 4.82. The van der Waals surface area contributed by atoms with E-state index in [9.17, 15) is 18.9 Å². The van der Waals surface area contributed by atoms with Crippen LogP contribution in [0.1, 0.15) is 56.8 Å². The Hall–Kier alpha value is -2.26. The van der Waals surface area contributed by atoms with Gasteiger partial charge in [-0.15, -0.1) is 11.3 Å². The zero-order valence-corrected chi connectivity index (χ0v) is 21.3. The fraction of sp³-hybridized carbons (Fsp3) is 0.500. The second kappa shape index (κ2) is 10.3. The average molecular weight is 500 g/mol. The van der Waals surface area contributed by atoms with Crippen molar-refractivity contribution >= 4 is 46.9 Å². The summed E-state index contributed by atoms with van der Waals surface area (Å²) in [6.45, 7) is 8.87. The first kappa shape index (κ1) is 27.0. The second-order valence-electron chi connectivity index (χ2n) is 9.47. The molecule has 0 aliphatic carbocycles. The van der Waals surface area contributed by atoms with Gasteiger partial charge in [-0.2, -0.15) is 0 Å². The number of carbonyl (C=O) groups excluding carboxylic acids is 3. The average Bonchev–Trinajstić information content (AvgIpc) is 3.10. The highest BCUT2D eigenvalue weighted by molar-refractivity contribution is 7.53. The van der Waals surface area contributed by atoms with E-state index in [1.807, 2.05) is 0 Å². The van der Waals surface area contributed by atoms with Crippen molar-refractivity contribution in [2.24, 2.45) is 16.6 Å². The summed E-state index contributed by atoms with van der Waals surface area (Å²) in [5, 5.41) is 0.746. The lowest BCUT2D eigenvalue weighted by Gasteiger charge is -2.22. The van der Waals surface area contributed by atoms with E-state index < -0.39 is 49.9 Å². The molecular weight excluding hydrogens is 469 g/mol. The first-order valence-electron chi connectivity index (χ1n) is 10.2. The Balaban J connectivity index is 2.17. The highest BCUT2D eigenvalue weighted by Crippen LogP contribution is 2.52. The molecule has 1 heterocycles. The lowest BCUT2D eigenvalue weighted by molar-refractivity contribution is -0.162. The molecule has 9 nitrogen and oxygen atoms in total.